The number of thioether (sulfide) groups is 1. The monoisotopic (exact) mass is 535 g/mol. The van der Waals surface area contributed by atoms with Gasteiger partial charge in [0, 0.05) is 23.1 Å². The highest BCUT2D eigenvalue weighted by Crippen LogP contribution is 2.32. The van der Waals surface area contributed by atoms with E-state index in [4.69, 9.17) is 0 Å². The highest BCUT2D eigenvalue weighted by atomic mass is 32.2. The normalized spacial score (nSPS) is 11.0. The number of hydrogen-bond acceptors (Lipinski definition) is 8. The van der Waals surface area contributed by atoms with Crippen LogP contribution in [0.25, 0.3) is 31.9 Å². The van der Waals surface area contributed by atoms with Crippen molar-refractivity contribution in [2.24, 2.45) is 0 Å². The summed E-state index contributed by atoms with van der Waals surface area (Å²) in [7, 11) is 0. The first-order valence-electron chi connectivity index (χ1n) is 10.7. The lowest BCUT2D eigenvalue weighted by Crippen LogP contribution is -2.23. The van der Waals surface area contributed by atoms with Crippen molar-refractivity contribution >= 4 is 56.7 Å². The highest BCUT2D eigenvalue weighted by molar-refractivity contribution is 7.99. The van der Waals surface area contributed by atoms with Gasteiger partial charge in [-0.2, -0.15) is 9.36 Å². The van der Waals surface area contributed by atoms with Gasteiger partial charge < -0.3 is 0 Å². The number of anilines is 1. The highest BCUT2D eigenvalue weighted by Gasteiger charge is 2.18. The minimum atomic E-state index is -0.346. The Morgan fingerprint density at radius 2 is 1.89 bits per heavy atom. The molecule has 0 aliphatic heterocycles. The number of thiophene rings is 1. The van der Waals surface area contributed by atoms with E-state index in [2.05, 4.69) is 26.2 Å². The number of allylic oxidation sites excluding steroid dienone is 1. The molecule has 0 aliphatic rings. The number of halogens is 1. The topological polar surface area (TPSA) is 89.8 Å². The minimum Gasteiger partial charge on any atom is -0.293 e. The van der Waals surface area contributed by atoms with Crippen molar-refractivity contribution < 1.29 is 9.18 Å². The number of amides is 1. The summed E-state index contributed by atoms with van der Waals surface area (Å²) in [4.78, 5) is 35.6. The number of fused-ring (bicyclic) bond motifs is 1. The van der Waals surface area contributed by atoms with Crippen LogP contribution >= 0.6 is 34.6 Å². The van der Waals surface area contributed by atoms with Crippen molar-refractivity contribution in [1.82, 2.24) is 18.9 Å². The van der Waals surface area contributed by atoms with Gasteiger partial charge in [0.1, 0.15) is 15.7 Å². The SMILES string of the molecule is C=CCn1c(SCC(=O)Nc2nsc(-c3ccccc3)n2)nc2scc(-c3ccc(F)cc3)c2c1=O. The van der Waals surface area contributed by atoms with Crippen LogP contribution in [0.2, 0.25) is 0 Å². The van der Waals surface area contributed by atoms with E-state index < -0.39 is 0 Å². The molecule has 0 bridgehead atoms. The zero-order valence-electron chi connectivity index (χ0n) is 18.7. The second kappa shape index (κ2) is 10.5. The Kier molecular flexibility index (Phi) is 7.03. The molecule has 1 amide bonds. The molecule has 11 heteroatoms. The van der Waals surface area contributed by atoms with Crippen LogP contribution in [0.5, 0.6) is 0 Å². The van der Waals surface area contributed by atoms with E-state index in [1.54, 1.807) is 18.2 Å². The first-order valence-corrected chi connectivity index (χ1v) is 13.4. The van der Waals surface area contributed by atoms with Crippen molar-refractivity contribution in [3.05, 3.63) is 88.8 Å². The zero-order valence-corrected chi connectivity index (χ0v) is 21.1. The number of aromatic nitrogens is 4. The molecule has 0 unspecified atom stereocenters. The van der Waals surface area contributed by atoms with Crippen LogP contribution < -0.4 is 10.9 Å². The number of rotatable bonds is 8. The molecule has 3 aromatic heterocycles. The quantitative estimate of drug-likeness (QED) is 0.156. The summed E-state index contributed by atoms with van der Waals surface area (Å²) in [5.41, 5.74) is 2.12. The summed E-state index contributed by atoms with van der Waals surface area (Å²) < 4.78 is 19.1. The summed E-state index contributed by atoms with van der Waals surface area (Å²) in [6.45, 7) is 3.98. The molecule has 180 valence electrons. The van der Waals surface area contributed by atoms with Crippen molar-refractivity contribution in [1.29, 1.82) is 0 Å². The molecule has 5 rings (SSSR count). The summed E-state index contributed by atoms with van der Waals surface area (Å²) in [5.74, 6) is -0.402. The molecule has 3 heterocycles. The molecule has 0 saturated heterocycles. The van der Waals surface area contributed by atoms with Crippen molar-refractivity contribution in [3.63, 3.8) is 0 Å². The van der Waals surface area contributed by atoms with Gasteiger partial charge in [0.05, 0.1) is 11.1 Å². The van der Waals surface area contributed by atoms with Crippen molar-refractivity contribution in [3.8, 4) is 21.7 Å². The molecule has 5 aromatic rings. The van der Waals surface area contributed by atoms with Gasteiger partial charge in [-0.25, -0.2) is 9.37 Å². The molecule has 0 saturated carbocycles. The van der Waals surface area contributed by atoms with E-state index in [0.29, 0.717) is 25.9 Å². The second-order valence-electron chi connectivity index (χ2n) is 7.56. The lowest BCUT2D eigenvalue weighted by Gasteiger charge is -2.10. The van der Waals surface area contributed by atoms with Crippen LogP contribution in [0, 0.1) is 5.82 Å². The van der Waals surface area contributed by atoms with Crippen LogP contribution in [0.1, 0.15) is 0 Å². The van der Waals surface area contributed by atoms with Crippen LogP contribution in [-0.4, -0.2) is 30.6 Å². The molecule has 0 fully saturated rings. The van der Waals surface area contributed by atoms with Gasteiger partial charge in [0.2, 0.25) is 11.9 Å². The minimum absolute atomic E-state index is 0.0190. The van der Waals surface area contributed by atoms with E-state index in [9.17, 15) is 14.0 Å². The van der Waals surface area contributed by atoms with Gasteiger partial charge in [-0.1, -0.05) is 60.3 Å². The first kappa shape index (κ1) is 24.0. The maximum atomic E-state index is 13.4. The number of nitrogens with one attached hydrogen (secondary N) is 1. The second-order valence-corrected chi connectivity index (χ2v) is 10.1. The van der Waals surface area contributed by atoms with E-state index in [-0.39, 0.29) is 35.5 Å². The molecular weight excluding hydrogens is 518 g/mol. The van der Waals surface area contributed by atoms with Crippen molar-refractivity contribution in [2.75, 3.05) is 11.1 Å². The van der Waals surface area contributed by atoms with E-state index >= 15 is 0 Å². The fourth-order valence-corrected chi connectivity index (χ4v) is 5.94. The Morgan fingerprint density at radius 3 is 2.64 bits per heavy atom. The third-order valence-electron chi connectivity index (χ3n) is 5.16. The summed E-state index contributed by atoms with van der Waals surface area (Å²) in [6, 6.07) is 15.6. The number of carbonyl (C=O) groups is 1. The van der Waals surface area contributed by atoms with Crippen molar-refractivity contribution in [2.45, 2.75) is 11.7 Å². The lowest BCUT2D eigenvalue weighted by atomic mass is 10.1. The molecule has 0 atom stereocenters. The third kappa shape index (κ3) is 4.99. The van der Waals surface area contributed by atoms with E-state index in [1.165, 1.54) is 39.6 Å². The Hall–Kier alpha value is -3.67. The van der Waals surface area contributed by atoms with Gasteiger partial charge >= 0.3 is 0 Å². The third-order valence-corrected chi connectivity index (χ3v) is 7.77. The lowest BCUT2D eigenvalue weighted by molar-refractivity contribution is -0.113. The summed E-state index contributed by atoms with van der Waals surface area (Å²) in [6.07, 6.45) is 1.60. The fraction of sp³-hybridized carbons (Fsp3) is 0.0800. The Bertz CT molecular complexity index is 1610. The molecule has 7 nitrogen and oxygen atoms in total. The average Bonchev–Trinajstić information content (AvgIpc) is 3.53. The zero-order chi connectivity index (χ0) is 25.1. The molecule has 0 spiro atoms. The van der Waals surface area contributed by atoms with Gasteiger partial charge in [0.15, 0.2) is 5.16 Å². The van der Waals surface area contributed by atoms with Gasteiger partial charge in [-0.05, 0) is 29.2 Å². The number of benzene rings is 2. The van der Waals surface area contributed by atoms with E-state index in [0.717, 1.165) is 22.9 Å². The number of nitrogens with zero attached hydrogens (tertiary/aromatic N) is 4. The summed E-state index contributed by atoms with van der Waals surface area (Å²) in [5, 5.41) is 6.12. The first-order chi connectivity index (χ1) is 17.5. The average molecular weight is 536 g/mol. The summed E-state index contributed by atoms with van der Waals surface area (Å²) >= 11 is 3.68. The maximum Gasteiger partial charge on any atom is 0.263 e. The van der Waals surface area contributed by atoms with Gasteiger partial charge in [-0.15, -0.1) is 17.9 Å². The molecule has 2 aromatic carbocycles. The predicted molar refractivity (Wildman–Crippen MR) is 144 cm³/mol. The molecular formula is C25H18FN5O2S3. The van der Waals surface area contributed by atoms with Crippen LogP contribution in [-0.2, 0) is 11.3 Å². The smallest absolute Gasteiger partial charge is 0.263 e. The van der Waals surface area contributed by atoms with Gasteiger partial charge in [-0.3, -0.25) is 19.5 Å². The molecule has 0 radical (unpaired) electrons. The fourth-order valence-electron chi connectivity index (χ4n) is 3.51. The Labute approximate surface area is 217 Å². The largest absolute Gasteiger partial charge is 0.293 e. The Morgan fingerprint density at radius 1 is 1.11 bits per heavy atom. The Balaban J connectivity index is 1.36. The number of hydrogen-bond donors (Lipinski definition) is 1. The van der Waals surface area contributed by atoms with Crippen LogP contribution in [0.4, 0.5) is 10.3 Å². The predicted octanol–water partition coefficient (Wildman–Crippen LogP) is 5.70. The standard InChI is InChI=1S/C25H18FN5O2S3/c1-2-12-31-23(33)20-18(15-8-10-17(26)11-9-15)13-34-22(20)29-25(31)35-14-19(32)27-24-28-21(36-30-24)16-6-4-3-5-7-16/h2-11,13H,1,12,14H2,(H,27,30,32). The molecule has 1 N–H and O–H groups in total. The molecule has 36 heavy (non-hydrogen) atoms. The van der Waals surface area contributed by atoms with Gasteiger partial charge in [0.25, 0.3) is 5.56 Å². The van der Waals surface area contributed by atoms with E-state index in [1.807, 2.05) is 35.7 Å². The maximum absolute atomic E-state index is 13.4. The number of carbonyl (C=O) groups excluding carboxylic acids is 1. The van der Waals surface area contributed by atoms with Crippen LogP contribution in [0.3, 0.4) is 0 Å². The molecule has 0 aliphatic carbocycles. The van der Waals surface area contributed by atoms with Crippen LogP contribution in [0.15, 0.2) is 82.6 Å².